The second kappa shape index (κ2) is 6.90. The Hall–Kier alpha value is -0.910. The largest absolute Gasteiger partial charge is 0.471 e. The zero-order valence-corrected chi connectivity index (χ0v) is 13.8. The summed E-state index contributed by atoms with van der Waals surface area (Å²) in [6, 6.07) is 0. The zero-order chi connectivity index (χ0) is 15.5. The normalized spacial score (nSPS) is 21.1. The van der Waals surface area contributed by atoms with Crippen LogP contribution >= 0.6 is 11.6 Å². The molecule has 2 unspecified atom stereocenters. The van der Waals surface area contributed by atoms with Gasteiger partial charge >= 0.3 is 0 Å². The van der Waals surface area contributed by atoms with Gasteiger partial charge in [0.15, 0.2) is 6.29 Å². The van der Waals surface area contributed by atoms with E-state index >= 15 is 0 Å². The van der Waals surface area contributed by atoms with E-state index in [1.54, 1.807) is 6.20 Å². The lowest BCUT2D eigenvalue weighted by Crippen LogP contribution is -2.45. The van der Waals surface area contributed by atoms with Crippen LogP contribution < -0.4 is 4.74 Å². The zero-order valence-electron chi connectivity index (χ0n) is 13.1. The standard InChI is InChI=1S/C15H23ClN2O3/c1-10-9-17-14(16)18-13(10)20-11(2)15(3,4)21-12-7-5-6-8-19-12/h9,11-12H,5-8H2,1-4H3. The number of aryl methyl sites for hydroxylation is 1. The van der Waals surface area contributed by atoms with Crippen molar-refractivity contribution in [1.82, 2.24) is 9.97 Å². The molecule has 21 heavy (non-hydrogen) atoms. The number of rotatable bonds is 5. The summed E-state index contributed by atoms with van der Waals surface area (Å²) in [5.41, 5.74) is 0.349. The molecule has 5 nitrogen and oxygen atoms in total. The summed E-state index contributed by atoms with van der Waals surface area (Å²) in [5, 5.41) is 0.178. The van der Waals surface area contributed by atoms with Crippen molar-refractivity contribution in [2.24, 2.45) is 0 Å². The van der Waals surface area contributed by atoms with E-state index < -0.39 is 5.60 Å². The van der Waals surface area contributed by atoms with Gasteiger partial charge in [-0.2, -0.15) is 4.98 Å². The Labute approximate surface area is 131 Å². The maximum Gasteiger partial charge on any atom is 0.225 e. The molecular weight excluding hydrogens is 292 g/mol. The summed E-state index contributed by atoms with van der Waals surface area (Å²) < 4.78 is 17.6. The minimum atomic E-state index is -0.494. The Balaban J connectivity index is 1.99. The van der Waals surface area contributed by atoms with Gasteiger partial charge in [0.1, 0.15) is 11.7 Å². The van der Waals surface area contributed by atoms with E-state index in [1.165, 1.54) is 0 Å². The predicted octanol–water partition coefficient (Wildman–Crippen LogP) is 3.53. The fourth-order valence-corrected chi connectivity index (χ4v) is 2.20. The van der Waals surface area contributed by atoms with Gasteiger partial charge in [0, 0.05) is 18.4 Å². The highest BCUT2D eigenvalue weighted by Crippen LogP contribution is 2.27. The number of aromatic nitrogens is 2. The van der Waals surface area contributed by atoms with E-state index in [1.807, 2.05) is 27.7 Å². The number of halogens is 1. The van der Waals surface area contributed by atoms with Crippen LogP contribution in [-0.4, -0.2) is 34.6 Å². The molecule has 0 amide bonds. The highest BCUT2D eigenvalue weighted by Gasteiger charge is 2.33. The van der Waals surface area contributed by atoms with Crippen LogP contribution in [0.5, 0.6) is 5.88 Å². The van der Waals surface area contributed by atoms with Crippen molar-refractivity contribution in [2.45, 2.75) is 65.0 Å². The van der Waals surface area contributed by atoms with Gasteiger partial charge in [-0.3, -0.25) is 0 Å². The topological polar surface area (TPSA) is 53.5 Å². The fraction of sp³-hybridized carbons (Fsp3) is 0.733. The molecule has 1 fully saturated rings. The van der Waals surface area contributed by atoms with Crippen LogP contribution in [0, 0.1) is 6.92 Å². The van der Waals surface area contributed by atoms with Crippen molar-refractivity contribution in [3.8, 4) is 5.88 Å². The van der Waals surface area contributed by atoms with E-state index in [-0.39, 0.29) is 17.7 Å². The molecule has 0 bridgehead atoms. The third-order valence-corrected chi connectivity index (χ3v) is 3.92. The molecule has 118 valence electrons. The van der Waals surface area contributed by atoms with Crippen molar-refractivity contribution in [1.29, 1.82) is 0 Å². The molecule has 0 radical (unpaired) electrons. The van der Waals surface area contributed by atoms with Crippen LogP contribution in [-0.2, 0) is 9.47 Å². The van der Waals surface area contributed by atoms with Crippen molar-refractivity contribution >= 4 is 11.6 Å². The summed E-state index contributed by atoms with van der Waals surface area (Å²) in [5.74, 6) is 0.490. The minimum absolute atomic E-state index is 0.158. The highest BCUT2D eigenvalue weighted by atomic mass is 35.5. The Kier molecular flexibility index (Phi) is 5.41. The molecule has 1 aliphatic rings. The van der Waals surface area contributed by atoms with E-state index in [9.17, 15) is 0 Å². The summed E-state index contributed by atoms with van der Waals surface area (Å²) in [6.45, 7) is 8.59. The molecule has 2 rings (SSSR count). The van der Waals surface area contributed by atoms with Gasteiger partial charge in [-0.25, -0.2) is 4.98 Å². The fourth-order valence-electron chi connectivity index (χ4n) is 2.07. The van der Waals surface area contributed by atoms with Gasteiger partial charge in [-0.1, -0.05) is 0 Å². The van der Waals surface area contributed by atoms with Gasteiger partial charge in [0.05, 0.1) is 0 Å². The summed E-state index contributed by atoms with van der Waals surface area (Å²) in [7, 11) is 0. The molecule has 1 aromatic heterocycles. The second-order valence-electron chi connectivity index (χ2n) is 5.90. The predicted molar refractivity (Wildman–Crippen MR) is 80.6 cm³/mol. The summed E-state index contributed by atoms with van der Waals surface area (Å²) >= 11 is 5.82. The van der Waals surface area contributed by atoms with Crippen molar-refractivity contribution in [2.75, 3.05) is 6.61 Å². The smallest absolute Gasteiger partial charge is 0.225 e. The minimum Gasteiger partial charge on any atom is -0.471 e. The number of ether oxygens (including phenoxy) is 3. The monoisotopic (exact) mass is 314 g/mol. The molecule has 1 saturated heterocycles. The molecule has 0 spiro atoms. The van der Waals surface area contributed by atoms with Gasteiger partial charge in [-0.15, -0.1) is 0 Å². The van der Waals surface area contributed by atoms with Gasteiger partial charge in [0.25, 0.3) is 0 Å². The number of hydrogen-bond acceptors (Lipinski definition) is 5. The molecule has 0 N–H and O–H groups in total. The van der Waals surface area contributed by atoms with Gasteiger partial charge < -0.3 is 14.2 Å². The van der Waals surface area contributed by atoms with Gasteiger partial charge in [0.2, 0.25) is 11.2 Å². The third kappa shape index (κ3) is 4.53. The molecule has 1 aliphatic heterocycles. The second-order valence-corrected chi connectivity index (χ2v) is 6.24. The molecule has 0 aliphatic carbocycles. The average molecular weight is 315 g/mol. The maximum atomic E-state index is 6.06. The first-order chi connectivity index (χ1) is 9.88. The van der Waals surface area contributed by atoms with E-state index in [0.717, 1.165) is 31.4 Å². The Bertz CT molecular complexity index is 476. The van der Waals surface area contributed by atoms with E-state index in [0.29, 0.717) is 5.88 Å². The van der Waals surface area contributed by atoms with Crippen molar-refractivity contribution in [3.63, 3.8) is 0 Å². The summed E-state index contributed by atoms with van der Waals surface area (Å²) in [6.07, 6.45) is 4.45. The molecule has 0 aromatic carbocycles. The van der Waals surface area contributed by atoms with Crippen LogP contribution in [0.2, 0.25) is 5.28 Å². The number of hydrogen-bond donors (Lipinski definition) is 0. The maximum absolute atomic E-state index is 6.06. The molecule has 2 atom stereocenters. The number of nitrogens with zero attached hydrogens (tertiary/aromatic N) is 2. The lowest BCUT2D eigenvalue weighted by atomic mass is 10.0. The Morgan fingerprint density at radius 1 is 1.43 bits per heavy atom. The molecular formula is C15H23ClN2O3. The van der Waals surface area contributed by atoms with E-state index in [4.69, 9.17) is 25.8 Å². The molecule has 2 heterocycles. The average Bonchev–Trinajstić information content (AvgIpc) is 2.43. The van der Waals surface area contributed by atoms with Crippen LogP contribution in [0.25, 0.3) is 0 Å². The lowest BCUT2D eigenvalue weighted by molar-refractivity contribution is -0.233. The molecule has 1 aromatic rings. The Morgan fingerprint density at radius 2 is 2.19 bits per heavy atom. The van der Waals surface area contributed by atoms with Crippen molar-refractivity contribution in [3.05, 3.63) is 17.0 Å². The van der Waals surface area contributed by atoms with Crippen LogP contribution in [0.4, 0.5) is 0 Å². The molecule has 0 saturated carbocycles. The van der Waals surface area contributed by atoms with Crippen LogP contribution in [0.3, 0.4) is 0 Å². The SMILES string of the molecule is Cc1cnc(Cl)nc1OC(C)C(C)(C)OC1CCCCO1. The Morgan fingerprint density at radius 3 is 2.86 bits per heavy atom. The highest BCUT2D eigenvalue weighted by molar-refractivity contribution is 6.28. The van der Waals surface area contributed by atoms with Crippen LogP contribution in [0.15, 0.2) is 6.20 Å². The van der Waals surface area contributed by atoms with Gasteiger partial charge in [-0.05, 0) is 58.6 Å². The lowest BCUT2D eigenvalue weighted by Gasteiger charge is -2.36. The first-order valence-electron chi connectivity index (χ1n) is 7.33. The van der Waals surface area contributed by atoms with E-state index in [2.05, 4.69) is 9.97 Å². The van der Waals surface area contributed by atoms with Crippen molar-refractivity contribution < 1.29 is 14.2 Å². The third-order valence-electron chi connectivity index (χ3n) is 3.74. The summed E-state index contributed by atoms with van der Waals surface area (Å²) in [4.78, 5) is 8.04. The quantitative estimate of drug-likeness (QED) is 0.778. The first-order valence-corrected chi connectivity index (χ1v) is 7.71. The first kappa shape index (κ1) is 16.5. The van der Waals surface area contributed by atoms with Crippen LogP contribution in [0.1, 0.15) is 45.6 Å². The molecule has 6 heteroatoms.